The van der Waals surface area contributed by atoms with Gasteiger partial charge in [-0.2, -0.15) is 0 Å². The molecule has 28 heavy (non-hydrogen) atoms. The maximum Gasteiger partial charge on any atom is 0.248 e. The maximum absolute atomic E-state index is 13.1. The molecular weight excluding hydrogens is 405 g/mol. The smallest absolute Gasteiger partial charge is 0.248 e. The highest BCUT2D eigenvalue weighted by Gasteiger charge is 2.10. The summed E-state index contributed by atoms with van der Waals surface area (Å²) in [6.07, 6.45) is 1.52. The topological polar surface area (TPSA) is 73.2 Å². The zero-order chi connectivity index (χ0) is 20.1. The molecule has 0 saturated carbocycles. The third-order valence-electron chi connectivity index (χ3n) is 3.76. The third-order valence-corrected chi connectivity index (χ3v) is 4.32. The molecule has 1 aromatic heterocycles. The predicted molar refractivity (Wildman–Crippen MR) is 110 cm³/mol. The number of nitrogens with zero attached hydrogens (tertiary/aromatic N) is 3. The molecule has 3 rings (SSSR count). The van der Waals surface area contributed by atoms with Crippen LogP contribution in [0.15, 0.2) is 42.7 Å². The number of halogens is 2. The van der Waals surface area contributed by atoms with Gasteiger partial charge in [-0.25, -0.2) is 14.1 Å². The van der Waals surface area contributed by atoms with Crippen LogP contribution in [-0.2, 0) is 6.54 Å². The second-order valence-corrected chi connectivity index (χ2v) is 6.46. The lowest BCUT2D eigenvalue weighted by Gasteiger charge is -2.13. The van der Waals surface area contributed by atoms with Crippen molar-refractivity contribution in [3.8, 4) is 11.5 Å². The largest absolute Gasteiger partial charge is 0.497 e. The third kappa shape index (κ3) is 4.87. The number of rotatable bonds is 6. The van der Waals surface area contributed by atoms with Gasteiger partial charge in [-0.05, 0) is 42.0 Å². The molecule has 0 unspecified atom stereocenters. The zero-order valence-corrected chi connectivity index (χ0v) is 16.6. The van der Waals surface area contributed by atoms with Crippen molar-refractivity contribution in [2.45, 2.75) is 6.54 Å². The zero-order valence-electron chi connectivity index (χ0n) is 15.1. The minimum Gasteiger partial charge on any atom is -0.497 e. The van der Waals surface area contributed by atoms with E-state index in [0.29, 0.717) is 34.7 Å². The molecule has 1 heterocycles. The lowest BCUT2D eigenvalue weighted by atomic mass is 10.2. The Labute approximate surface area is 171 Å². The highest BCUT2D eigenvalue weighted by molar-refractivity contribution is 7.80. The minimum atomic E-state index is -0.390. The van der Waals surface area contributed by atoms with Crippen molar-refractivity contribution in [2.75, 3.05) is 24.9 Å². The Morgan fingerprint density at radius 1 is 1.18 bits per heavy atom. The van der Waals surface area contributed by atoms with E-state index in [-0.39, 0.29) is 10.9 Å². The molecule has 3 aromatic rings. The van der Waals surface area contributed by atoms with Gasteiger partial charge in [-0.1, -0.05) is 17.7 Å². The van der Waals surface area contributed by atoms with E-state index in [9.17, 15) is 4.39 Å². The van der Waals surface area contributed by atoms with E-state index in [0.717, 1.165) is 5.56 Å². The van der Waals surface area contributed by atoms with E-state index in [2.05, 4.69) is 20.7 Å². The first kappa shape index (κ1) is 19.8. The molecule has 0 amide bonds. The Bertz CT molecular complexity index is 998. The molecule has 2 aromatic carbocycles. The summed E-state index contributed by atoms with van der Waals surface area (Å²) in [5.41, 5.74) is 1.36. The first-order valence-corrected chi connectivity index (χ1v) is 8.90. The van der Waals surface area contributed by atoms with Crippen molar-refractivity contribution in [1.82, 2.24) is 14.8 Å². The van der Waals surface area contributed by atoms with Gasteiger partial charge in [0.05, 0.1) is 26.5 Å². The Morgan fingerprint density at radius 3 is 2.71 bits per heavy atom. The van der Waals surface area contributed by atoms with E-state index >= 15 is 0 Å². The number of methoxy groups -OCH3 is 2. The van der Waals surface area contributed by atoms with Gasteiger partial charge in [0.1, 0.15) is 23.6 Å². The lowest BCUT2D eigenvalue weighted by Crippen LogP contribution is -2.20. The Hall–Kier alpha value is -2.91. The van der Waals surface area contributed by atoms with Crippen LogP contribution in [-0.4, -0.2) is 34.1 Å². The average Bonchev–Trinajstić information content (AvgIpc) is 3.10. The summed E-state index contributed by atoms with van der Waals surface area (Å²) in [5.74, 6) is 1.18. The number of hydrogen-bond acceptors (Lipinski definition) is 5. The summed E-state index contributed by atoms with van der Waals surface area (Å²) in [7, 11) is 3.14. The van der Waals surface area contributed by atoms with Crippen LogP contribution in [0.4, 0.5) is 16.0 Å². The summed E-state index contributed by atoms with van der Waals surface area (Å²) in [5, 5.41) is 10.8. The number of nitrogens with one attached hydrogen (secondary N) is 2. The Kier molecular flexibility index (Phi) is 6.27. The van der Waals surface area contributed by atoms with Gasteiger partial charge >= 0.3 is 0 Å². The second-order valence-electron chi connectivity index (χ2n) is 5.65. The van der Waals surface area contributed by atoms with E-state index in [1.54, 1.807) is 43.2 Å². The van der Waals surface area contributed by atoms with Gasteiger partial charge < -0.3 is 14.8 Å². The molecular formula is C18H17ClFN5O2S. The monoisotopic (exact) mass is 421 g/mol. The van der Waals surface area contributed by atoms with E-state index < -0.39 is 0 Å². The van der Waals surface area contributed by atoms with Crippen LogP contribution in [0.2, 0.25) is 5.02 Å². The molecule has 0 fully saturated rings. The lowest BCUT2D eigenvalue weighted by molar-refractivity contribution is 0.405. The Morgan fingerprint density at radius 2 is 2.00 bits per heavy atom. The quantitative estimate of drug-likeness (QED) is 0.584. The van der Waals surface area contributed by atoms with Crippen LogP contribution in [0.1, 0.15) is 5.56 Å². The van der Waals surface area contributed by atoms with Crippen molar-refractivity contribution in [3.63, 3.8) is 0 Å². The van der Waals surface area contributed by atoms with E-state index in [1.807, 2.05) is 0 Å². The minimum absolute atomic E-state index is 0.282. The van der Waals surface area contributed by atoms with Crippen molar-refractivity contribution in [1.29, 1.82) is 0 Å². The van der Waals surface area contributed by atoms with E-state index in [4.69, 9.17) is 33.3 Å². The molecule has 0 bridgehead atoms. The van der Waals surface area contributed by atoms with Gasteiger partial charge in [0.2, 0.25) is 5.95 Å². The fraction of sp³-hybridized carbons (Fsp3) is 0.167. The van der Waals surface area contributed by atoms with Crippen LogP contribution >= 0.6 is 23.8 Å². The first-order chi connectivity index (χ1) is 13.5. The van der Waals surface area contributed by atoms with Crippen LogP contribution in [0, 0.1) is 5.82 Å². The average molecular weight is 422 g/mol. The first-order valence-electron chi connectivity index (χ1n) is 8.12. The molecule has 7 nitrogen and oxygen atoms in total. The summed E-state index contributed by atoms with van der Waals surface area (Å²) in [6.45, 7) is 0.345. The van der Waals surface area contributed by atoms with Crippen molar-refractivity contribution in [2.24, 2.45) is 0 Å². The SMILES string of the molecule is COc1ccc(OC)c(NC(=S)Nc2ncn(Cc3ccc(F)cc3Cl)n2)c1. The standard InChI is InChI=1S/C18H17ClFN5O2S/c1-26-13-5-6-16(27-2)15(8-13)22-18(28)23-17-21-10-25(24-17)9-11-3-4-12(20)7-14(11)19/h3-8,10H,9H2,1-2H3,(H2,22,23,24,28). The molecule has 0 saturated heterocycles. The van der Waals surface area contributed by atoms with Crippen LogP contribution in [0.5, 0.6) is 11.5 Å². The van der Waals surface area contributed by atoms with Crippen molar-refractivity contribution < 1.29 is 13.9 Å². The molecule has 0 aliphatic heterocycles. The molecule has 0 aliphatic carbocycles. The van der Waals surface area contributed by atoms with Gasteiger partial charge in [0.25, 0.3) is 0 Å². The summed E-state index contributed by atoms with van der Waals surface area (Å²) >= 11 is 11.4. The fourth-order valence-corrected chi connectivity index (χ4v) is 2.85. The molecule has 2 N–H and O–H groups in total. The van der Waals surface area contributed by atoms with E-state index in [1.165, 1.54) is 18.5 Å². The predicted octanol–water partition coefficient (Wildman–Crippen LogP) is 3.95. The number of thiocarbonyl (C=S) groups is 1. The molecule has 0 radical (unpaired) electrons. The summed E-state index contributed by atoms with van der Waals surface area (Å²) < 4.78 is 25.2. The summed E-state index contributed by atoms with van der Waals surface area (Å²) in [6, 6.07) is 9.52. The molecule has 10 heteroatoms. The van der Waals surface area contributed by atoms with Gasteiger partial charge in [-0.15, -0.1) is 5.10 Å². The van der Waals surface area contributed by atoms with Crippen LogP contribution in [0.3, 0.4) is 0 Å². The number of anilines is 2. The number of hydrogen-bond donors (Lipinski definition) is 2. The number of aromatic nitrogens is 3. The Balaban J connectivity index is 1.66. The normalized spacial score (nSPS) is 10.4. The maximum atomic E-state index is 13.1. The molecule has 0 spiro atoms. The van der Waals surface area contributed by atoms with Gasteiger partial charge in [0.15, 0.2) is 5.11 Å². The van der Waals surface area contributed by atoms with Gasteiger partial charge in [-0.3, -0.25) is 5.32 Å². The molecule has 0 aliphatic rings. The highest BCUT2D eigenvalue weighted by Crippen LogP contribution is 2.29. The van der Waals surface area contributed by atoms with Crippen molar-refractivity contribution in [3.05, 3.63) is 59.1 Å². The number of ether oxygens (including phenoxy) is 2. The highest BCUT2D eigenvalue weighted by atomic mass is 35.5. The summed E-state index contributed by atoms with van der Waals surface area (Å²) in [4.78, 5) is 4.16. The van der Waals surface area contributed by atoms with Crippen LogP contribution < -0.4 is 20.1 Å². The number of benzene rings is 2. The van der Waals surface area contributed by atoms with Crippen LogP contribution in [0.25, 0.3) is 0 Å². The second kappa shape index (κ2) is 8.85. The molecule has 146 valence electrons. The molecule has 0 atom stereocenters. The van der Waals surface area contributed by atoms with Crippen molar-refractivity contribution >= 4 is 40.6 Å². The fourth-order valence-electron chi connectivity index (χ4n) is 2.42. The van der Waals surface area contributed by atoms with Gasteiger partial charge in [0, 0.05) is 11.1 Å².